The van der Waals surface area contributed by atoms with Crippen LogP contribution in [0, 0.1) is 11.3 Å². The van der Waals surface area contributed by atoms with E-state index in [9.17, 15) is 9.59 Å². The smallest absolute Gasteiger partial charge is 0.267 e. The molecule has 0 aliphatic carbocycles. The Bertz CT molecular complexity index is 459. The second kappa shape index (κ2) is 4.76. The molecule has 7 heteroatoms. The molecule has 0 aliphatic heterocycles. The summed E-state index contributed by atoms with van der Waals surface area (Å²) < 4.78 is 0.933. The van der Waals surface area contributed by atoms with E-state index in [4.69, 9.17) is 11.0 Å². The SMILES string of the molecule is N#CCNC(=O)Cn1nc(N)ccc1=O. The number of nitrogens with one attached hydrogen (secondary N) is 1. The molecule has 0 radical (unpaired) electrons. The van der Waals surface area contributed by atoms with Crippen molar-refractivity contribution >= 4 is 11.7 Å². The van der Waals surface area contributed by atoms with Gasteiger partial charge in [-0.3, -0.25) is 9.59 Å². The molecule has 0 unspecified atom stereocenters. The lowest BCUT2D eigenvalue weighted by Crippen LogP contribution is -2.33. The number of carbonyl (C=O) groups excluding carboxylic acids is 1. The predicted molar refractivity (Wildman–Crippen MR) is 51.5 cm³/mol. The Morgan fingerprint density at radius 3 is 3.07 bits per heavy atom. The van der Waals surface area contributed by atoms with Crippen molar-refractivity contribution in [2.75, 3.05) is 12.3 Å². The van der Waals surface area contributed by atoms with Crippen LogP contribution >= 0.6 is 0 Å². The van der Waals surface area contributed by atoms with Gasteiger partial charge in [-0.05, 0) is 6.07 Å². The third-order valence-corrected chi connectivity index (χ3v) is 1.55. The summed E-state index contributed by atoms with van der Waals surface area (Å²) in [6.45, 7) is -0.346. The van der Waals surface area contributed by atoms with Gasteiger partial charge in [0, 0.05) is 6.07 Å². The van der Waals surface area contributed by atoms with Crippen LogP contribution < -0.4 is 16.6 Å². The fourth-order valence-corrected chi connectivity index (χ4v) is 0.908. The molecular weight excluding hydrogens is 198 g/mol. The minimum absolute atomic E-state index is 0.101. The normalized spacial score (nSPS) is 9.27. The lowest BCUT2D eigenvalue weighted by atomic mass is 10.5. The van der Waals surface area contributed by atoms with Gasteiger partial charge in [0.1, 0.15) is 18.9 Å². The van der Waals surface area contributed by atoms with Crippen molar-refractivity contribution in [2.24, 2.45) is 0 Å². The fourth-order valence-electron chi connectivity index (χ4n) is 0.908. The number of aromatic nitrogens is 2. The Labute approximate surface area is 85.1 Å². The first-order valence-corrected chi connectivity index (χ1v) is 4.11. The molecule has 78 valence electrons. The number of carbonyl (C=O) groups is 1. The second-order valence-corrected chi connectivity index (χ2v) is 2.69. The van der Waals surface area contributed by atoms with E-state index in [1.54, 1.807) is 6.07 Å². The molecule has 1 heterocycles. The van der Waals surface area contributed by atoms with E-state index in [1.165, 1.54) is 12.1 Å². The first-order chi connectivity index (χ1) is 7.13. The number of nitrogens with two attached hydrogens (primary N) is 1. The van der Waals surface area contributed by atoms with E-state index >= 15 is 0 Å². The summed E-state index contributed by atoms with van der Waals surface area (Å²) in [7, 11) is 0. The van der Waals surface area contributed by atoms with Crippen LogP contribution in [0.3, 0.4) is 0 Å². The quantitative estimate of drug-likeness (QED) is 0.583. The molecule has 7 nitrogen and oxygen atoms in total. The molecule has 0 fully saturated rings. The predicted octanol–water partition coefficient (Wildman–Crippen LogP) is -1.53. The highest BCUT2D eigenvalue weighted by Crippen LogP contribution is 1.88. The van der Waals surface area contributed by atoms with Crippen molar-refractivity contribution in [2.45, 2.75) is 6.54 Å². The molecule has 0 spiro atoms. The molecule has 3 N–H and O–H groups in total. The zero-order chi connectivity index (χ0) is 11.3. The second-order valence-electron chi connectivity index (χ2n) is 2.69. The number of hydrogen-bond acceptors (Lipinski definition) is 5. The van der Waals surface area contributed by atoms with Gasteiger partial charge < -0.3 is 11.1 Å². The number of hydrogen-bond donors (Lipinski definition) is 2. The molecule has 1 aromatic heterocycles. The molecule has 0 bridgehead atoms. The number of amides is 1. The molecule has 0 aromatic carbocycles. The average molecular weight is 207 g/mol. The van der Waals surface area contributed by atoms with Gasteiger partial charge in [-0.2, -0.15) is 10.4 Å². The van der Waals surface area contributed by atoms with Gasteiger partial charge in [-0.15, -0.1) is 0 Å². The standard InChI is InChI=1S/C8H9N5O2/c9-3-4-11-7(14)5-13-8(15)2-1-6(10)12-13/h1-2H,4-5H2,(H2,10,12)(H,11,14). The molecular formula is C8H9N5O2. The maximum Gasteiger partial charge on any atom is 0.267 e. The van der Waals surface area contributed by atoms with Gasteiger partial charge in [0.25, 0.3) is 5.56 Å². The average Bonchev–Trinajstić information content (AvgIpc) is 2.20. The van der Waals surface area contributed by atoms with Crippen LogP contribution in [-0.2, 0) is 11.3 Å². The van der Waals surface area contributed by atoms with Crippen molar-refractivity contribution in [3.8, 4) is 6.07 Å². The van der Waals surface area contributed by atoms with Crippen LogP contribution in [0.1, 0.15) is 0 Å². The Morgan fingerprint density at radius 1 is 1.67 bits per heavy atom. The number of nitriles is 1. The Hall–Kier alpha value is -2.36. The molecule has 1 aromatic rings. The first-order valence-electron chi connectivity index (χ1n) is 4.11. The summed E-state index contributed by atoms with van der Waals surface area (Å²) in [5.74, 6) is -0.306. The maximum atomic E-state index is 11.2. The molecule has 0 saturated heterocycles. The summed E-state index contributed by atoms with van der Waals surface area (Å²) in [5, 5.41) is 14.2. The van der Waals surface area contributed by atoms with Gasteiger partial charge in [0.2, 0.25) is 5.91 Å². The highest BCUT2D eigenvalue weighted by Gasteiger charge is 2.04. The van der Waals surface area contributed by atoms with Crippen LogP contribution in [0.15, 0.2) is 16.9 Å². The topological polar surface area (TPSA) is 114 Å². The largest absolute Gasteiger partial charge is 0.382 e. The Balaban J connectivity index is 2.73. The summed E-state index contributed by atoms with van der Waals surface area (Å²) >= 11 is 0. The van der Waals surface area contributed by atoms with Crippen LogP contribution in [0.5, 0.6) is 0 Å². The molecule has 15 heavy (non-hydrogen) atoms. The molecule has 0 aliphatic rings. The molecule has 0 atom stereocenters. The van der Waals surface area contributed by atoms with E-state index in [-0.39, 0.29) is 18.9 Å². The summed E-state index contributed by atoms with van der Waals surface area (Å²) in [6.07, 6.45) is 0. The summed E-state index contributed by atoms with van der Waals surface area (Å²) in [4.78, 5) is 22.3. The molecule has 1 amide bonds. The Kier molecular flexibility index (Phi) is 3.40. The number of nitrogen functional groups attached to an aromatic ring is 1. The van der Waals surface area contributed by atoms with Crippen molar-refractivity contribution in [3.05, 3.63) is 22.5 Å². The molecule has 1 rings (SSSR count). The summed E-state index contributed by atoms with van der Waals surface area (Å²) in [5.41, 5.74) is 4.93. The maximum absolute atomic E-state index is 11.2. The van der Waals surface area contributed by atoms with Gasteiger partial charge in [-0.25, -0.2) is 4.68 Å². The minimum Gasteiger partial charge on any atom is -0.382 e. The van der Waals surface area contributed by atoms with Crippen molar-refractivity contribution in [3.63, 3.8) is 0 Å². The van der Waals surface area contributed by atoms with E-state index < -0.39 is 11.5 Å². The lowest BCUT2D eigenvalue weighted by molar-refractivity contribution is -0.121. The number of anilines is 1. The van der Waals surface area contributed by atoms with Gasteiger partial charge in [0.05, 0.1) is 6.07 Å². The van der Waals surface area contributed by atoms with Crippen LogP contribution in [0.25, 0.3) is 0 Å². The zero-order valence-corrected chi connectivity index (χ0v) is 7.80. The van der Waals surface area contributed by atoms with E-state index in [2.05, 4.69) is 10.4 Å². The third kappa shape index (κ3) is 3.11. The monoisotopic (exact) mass is 207 g/mol. The van der Waals surface area contributed by atoms with Gasteiger partial charge >= 0.3 is 0 Å². The van der Waals surface area contributed by atoms with Crippen LogP contribution in [-0.4, -0.2) is 22.2 Å². The Morgan fingerprint density at radius 2 is 2.40 bits per heavy atom. The lowest BCUT2D eigenvalue weighted by Gasteiger charge is -2.03. The van der Waals surface area contributed by atoms with E-state index in [0.29, 0.717) is 0 Å². The van der Waals surface area contributed by atoms with Crippen molar-refractivity contribution < 1.29 is 4.79 Å². The number of nitrogens with zero attached hydrogens (tertiary/aromatic N) is 3. The molecule has 0 saturated carbocycles. The fraction of sp³-hybridized carbons (Fsp3) is 0.250. The highest BCUT2D eigenvalue weighted by molar-refractivity contribution is 5.75. The van der Waals surface area contributed by atoms with E-state index in [1.807, 2.05) is 0 Å². The van der Waals surface area contributed by atoms with Gasteiger partial charge in [-0.1, -0.05) is 0 Å². The summed E-state index contributed by atoms with van der Waals surface area (Å²) in [6, 6.07) is 4.32. The van der Waals surface area contributed by atoms with Crippen LogP contribution in [0.4, 0.5) is 5.82 Å². The van der Waals surface area contributed by atoms with E-state index in [0.717, 1.165) is 4.68 Å². The highest BCUT2D eigenvalue weighted by atomic mass is 16.2. The zero-order valence-electron chi connectivity index (χ0n) is 7.80. The first kappa shape index (κ1) is 10.7. The van der Waals surface area contributed by atoms with Crippen LogP contribution in [0.2, 0.25) is 0 Å². The minimum atomic E-state index is -0.461. The van der Waals surface area contributed by atoms with Gasteiger partial charge in [0.15, 0.2) is 0 Å². The number of rotatable bonds is 3. The van der Waals surface area contributed by atoms with Crippen molar-refractivity contribution in [1.82, 2.24) is 15.1 Å². The van der Waals surface area contributed by atoms with Crippen molar-refractivity contribution in [1.29, 1.82) is 5.26 Å². The third-order valence-electron chi connectivity index (χ3n) is 1.55.